The maximum Gasteiger partial charge on any atom is 0.256 e. The summed E-state index contributed by atoms with van der Waals surface area (Å²) in [5.74, 6) is -2.44. The average Bonchev–Trinajstić information content (AvgIpc) is 3.03. The van der Waals surface area contributed by atoms with Crippen LogP contribution in [-0.4, -0.2) is 24.3 Å². The van der Waals surface area contributed by atoms with Gasteiger partial charge in [0.2, 0.25) is 11.8 Å². The van der Waals surface area contributed by atoms with Gasteiger partial charge in [-0.05, 0) is 30.7 Å². The van der Waals surface area contributed by atoms with Crippen molar-refractivity contribution in [2.24, 2.45) is 17.4 Å². The van der Waals surface area contributed by atoms with Crippen molar-refractivity contribution in [2.45, 2.75) is 18.9 Å². The van der Waals surface area contributed by atoms with Crippen LogP contribution in [0, 0.1) is 17.2 Å². The van der Waals surface area contributed by atoms with Crippen molar-refractivity contribution in [1.29, 1.82) is 5.26 Å². The van der Waals surface area contributed by atoms with Gasteiger partial charge in [-0.1, -0.05) is 18.2 Å². The number of amides is 3. The first-order valence-electron chi connectivity index (χ1n) is 8.65. The molecule has 6 N–H and O–H groups in total. The largest absolute Gasteiger partial charge is 0.370 e. The molecule has 144 valence electrons. The van der Waals surface area contributed by atoms with Crippen molar-refractivity contribution >= 4 is 34.1 Å². The van der Waals surface area contributed by atoms with Crippen LogP contribution in [0.3, 0.4) is 0 Å². The highest BCUT2D eigenvalue weighted by Gasteiger charge is 2.36. The first kappa shape index (κ1) is 19.5. The molecule has 0 fully saturated rings. The van der Waals surface area contributed by atoms with E-state index < -0.39 is 23.8 Å². The minimum atomic E-state index is -0.834. The Labute approximate surface area is 165 Å². The molecule has 0 bridgehead atoms. The monoisotopic (exact) mass is 397 g/mol. The molecule has 2 aromatic rings. The number of hydrogen-bond acceptors (Lipinski definition) is 6. The number of primary amides is 2. The van der Waals surface area contributed by atoms with Crippen molar-refractivity contribution in [3.05, 3.63) is 51.9 Å². The number of benzene rings is 1. The van der Waals surface area contributed by atoms with Crippen molar-refractivity contribution in [2.75, 3.05) is 11.9 Å². The van der Waals surface area contributed by atoms with Gasteiger partial charge >= 0.3 is 0 Å². The summed E-state index contributed by atoms with van der Waals surface area (Å²) >= 11 is 1.21. The zero-order chi connectivity index (χ0) is 20.3. The summed E-state index contributed by atoms with van der Waals surface area (Å²) in [6.07, 6.45) is 0.367. The second-order valence-corrected chi connectivity index (χ2v) is 7.49. The first-order valence-corrected chi connectivity index (χ1v) is 9.47. The number of thiophene rings is 1. The normalized spacial score (nSPS) is 16.5. The third-order valence-electron chi connectivity index (χ3n) is 4.62. The van der Waals surface area contributed by atoms with Crippen LogP contribution in [-0.2, 0) is 16.0 Å². The molecule has 0 spiro atoms. The topological polar surface area (TPSA) is 151 Å². The number of rotatable bonds is 6. The van der Waals surface area contributed by atoms with Crippen LogP contribution >= 0.6 is 11.3 Å². The molecular formula is C19H19N5O3S. The summed E-state index contributed by atoms with van der Waals surface area (Å²) in [7, 11) is 0. The number of carbonyl (C=O) groups is 3. The van der Waals surface area contributed by atoms with Crippen LogP contribution in [0.15, 0.2) is 30.3 Å². The second kappa shape index (κ2) is 8.21. The summed E-state index contributed by atoms with van der Waals surface area (Å²) in [4.78, 5) is 36.5. The van der Waals surface area contributed by atoms with E-state index in [4.69, 9.17) is 11.5 Å². The number of nitrogens with two attached hydrogens (primary N) is 2. The molecule has 0 saturated heterocycles. The van der Waals surface area contributed by atoms with Crippen molar-refractivity contribution < 1.29 is 14.4 Å². The van der Waals surface area contributed by atoms with Crippen molar-refractivity contribution in [3.8, 4) is 6.07 Å². The Hall–Kier alpha value is -3.22. The molecule has 3 amide bonds. The Kier molecular flexibility index (Phi) is 5.73. The van der Waals surface area contributed by atoms with Gasteiger partial charge in [0.1, 0.15) is 11.1 Å². The van der Waals surface area contributed by atoms with E-state index in [2.05, 4.69) is 16.7 Å². The Morgan fingerprint density at radius 1 is 1.29 bits per heavy atom. The van der Waals surface area contributed by atoms with Crippen molar-refractivity contribution in [1.82, 2.24) is 5.32 Å². The lowest BCUT2D eigenvalue weighted by atomic mass is 9.88. The Balaban J connectivity index is 1.97. The highest BCUT2D eigenvalue weighted by atomic mass is 32.1. The molecule has 1 aliphatic rings. The van der Waals surface area contributed by atoms with Gasteiger partial charge in [-0.15, -0.1) is 11.3 Å². The fourth-order valence-electron chi connectivity index (χ4n) is 3.32. The lowest BCUT2D eigenvalue weighted by molar-refractivity contribution is -0.128. The Morgan fingerprint density at radius 2 is 2.00 bits per heavy atom. The van der Waals surface area contributed by atoms with Gasteiger partial charge < -0.3 is 22.1 Å². The number of nitriles is 1. The SMILES string of the molecule is N#Cc1c(NC(=O)c2ccccc2)sc2c1CCNC2C(CC(N)=O)C(N)=O. The zero-order valence-electron chi connectivity index (χ0n) is 14.9. The average molecular weight is 397 g/mol. The van der Waals surface area contributed by atoms with Crippen LogP contribution < -0.4 is 22.1 Å². The minimum Gasteiger partial charge on any atom is -0.370 e. The van der Waals surface area contributed by atoms with Gasteiger partial charge in [-0.2, -0.15) is 5.26 Å². The number of fused-ring (bicyclic) bond motifs is 1. The number of nitrogens with one attached hydrogen (secondary N) is 2. The molecule has 9 heteroatoms. The van der Waals surface area contributed by atoms with E-state index in [0.717, 1.165) is 10.4 Å². The van der Waals surface area contributed by atoms with E-state index in [1.54, 1.807) is 30.3 Å². The minimum absolute atomic E-state index is 0.196. The van der Waals surface area contributed by atoms with Gasteiger partial charge in [0.05, 0.1) is 17.5 Å². The third kappa shape index (κ3) is 3.88. The standard InChI is InChI=1S/C19H19N5O3S/c20-9-13-11-6-7-23-15(12(17(22)26)8-14(21)25)16(11)28-19(13)24-18(27)10-4-2-1-3-5-10/h1-5,12,15,23H,6-8H2,(H2,21,25)(H2,22,26)(H,24,27). The summed E-state index contributed by atoms with van der Waals surface area (Å²) in [5.41, 5.74) is 12.4. The molecule has 0 radical (unpaired) electrons. The molecule has 1 aromatic carbocycles. The molecule has 3 rings (SSSR count). The quantitative estimate of drug-likeness (QED) is 0.574. The van der Waals surface area contributed by atoms with Crippen LogP contribution in [0.2, 0.25) is 0 Å². The zero-order valence-corrected chi connectivity index (χ0v) is 15.7. The van der Waals surface area contributed by atoms with Crippen LogP contribution in [0.25, 0.3) is 0 Å². The number of hydrogen-bond donors (Lipinski definition) is 4. The van der Waals surface area contributed by atoms with E-state index in [1.165, 1.54) is 11.3 Å². The summed E-state index contributed by atoms with van der Waals surface area (Å²) in [6, 6.07) is 10.3. The molecule has 1 aliphatic heterocycles. The van der Waals surface area contributed by atoms with Crippen LogP contribution in [0.5, 0.6) is 0 Å². The van der Waals surface area contributed by atoms with Gasteiger partial charge in [-0.3, -0.25) is 14.4 Å². The maximum absolute atomic E-state index is 12.5. The molecule has 1 aromatic heterocycles. The van der Waals surface area contributed by atoms with Gasteiger partial charge in [0, 0.05) is 16.9 Å². The van der Waals surface area contributed by atoms with Crippen LogP contribution in [0.1, 0.15) is 38.8 Å². The lowest BCUT2D eigenvalue weighted by Gasteiger charge is -2.29. The molecule has 2 heterocycles. The fraction of sp³-hybridized carbons (Fsp3) is 0.263. The van der Waals surface area contributed by atoms with Gasteiger partial charge in [0.15, 0.2) is 0 Å². The van der Waals surface area contributed by atoms with Gasteiger partial charge in [-0.25, -0.2) is 0 Å². The van der Waals surface area contributed by atoms with Crippen molar-refractivity contribution in [3.63, 3.8) is 0 Å². The smallest absolute Gasteiger partial charge is 0.256 e. The first-order chi connectivity index (χ1) is 13.4. The molecule has 0 saturated carbocycles. The number of nitrogens with zero attached hydrogens (tertiary/aromatic N) is 1. The highest BCUT2D eigenvalue weighted by molar-refractivity contribution is 7.16. The molecule has 8 nitrogen and oxygen atoms in total. The van der Waals surface area contributed by atoms with E-state index in [9.17, 15) is 19.6 Å². The summed E-state index contributed by atoms with van der Waals surface area (Å²) in [5, 5.41) is 16.0. The second-order valence-electron chi connectivity index (χ2n) is 6.44. The number of carbonyl (C=O) groups excluding carboxylic acids is 3. The Morgan fingerprint density at radius 3 is 2.61 bits per heavy atom. The predicted molar refractivity (Wildman–Crippen MR) is 104 cm³/mol. The molecule has 28 heavy (non-hydrogen) atoms. The molecule has 2 unspecified atom stereocenters. The highest BCUT2D eigenvalue weighted by Crippen LogP contribution is 2.42. The van der Waals surface area contributed by atoms with Gasteiger partial charge in [0.25, 0.3) is 5.91 Å². The lowest BCUT2D eigenvalue weighted by Crippen LogP contribution is -2.41. The Bertz CT molecular complexity index is 964. The van der Waals surface area contributed by atoms with E-state index in [1.807, 2.05) is 0 Å². The van der Waals surface area contributed by atoms with E-state index in [-0.39, 0.29) is 12.3 Å². The summed E-state index contributed by atoms with van der Waals surface area (Å²) < 4.78 is 0. The molecule has 2 atom stereocenters. The number of anilines is 1. The molecular weight excluding hydrogens is 378 g/mol. The van der Waals surface area contributed by atoms with E-state index >= 15 is 0 Å². The van der Waals surface area contributed by atoms with E-state index in [0.29, 0.717) is 29.1 Å². The third-order valence-corrected chi connectivity index (χ3v) is 5.85. The fourth-order valence-corrected chi connectivity index (χ4v) is 4.66. The molecule has 0 aliphatic carbocycles. The van der Waals surface area contributed by atoms with Crippen LogP contribution in [0.4, 0.5) is 5.00 Å². The predicted octanol–water partition coefficient (Wildman–Crippen LogP) is 1.04. The summed E-state index contributed by atoms with van der Waals surface area (Å²) in [6.45, 7) is 0.512. The maximum atomic E-state index is 12.5.